The summed E-state index contributed by atoms with van der Waals surface area (Å²) in [5.74, 6) is -0.781. The number of rotatable bonds is 3. The molecular weight excluding hydrogens is 352 g/mol. The van der Waals surface area contributed by atoms with Crippen molar-refractivity contribution < 1.29 is 9.90 Å². The maximum atomic E-state index is 13.0. The summed E-state index contributed by atoms with van der Waals surface area (Å²) >= 11 is 5.87. The van der Waals surface area contributed by atoms with Crippen LogP contribution in [0.25, 0.3) is 0 Å². The van der Waals surface area contributed by atoms with Crippen LogP contribution in [0, 0.1) is 18.3 Å². The molecule has 26 heavy (non-hydrogen) atoms. The second-order valence-electron chi connectivity index (χ2n) is 6.61. The molecule has 5 nitrogen and oxygen atoms in total. The summed E-state index contributed by atoms with van der Waals surface area (Å²) in [5, 5.41) is 20.8. The molecule has 0 atom stereocenters. The number of benzene rings is 1. The van der Waals surface area contributed by atoms with Crippen LogP contribution in [0.4, 0.5) is 0 Å². The lowest BCUT2D eigenvalue weighted by atomic mass is 9.93. The zero-order chi connectivity index (χ0) is 18.8. The Morgan fingerprint density at radius 2 is 1.85 bits per heavy atom. The first-order valence-electron chi connectivity index (χ1n) is 8.64. The van der Waals surface area contributed by atoms with Crippen LogP contribution in [0.5, 0.6) is 5.88 Å². The molecule has 0 spiro atoms. The SMILES string of the molecule is Cc1c(C(=O)c2ccc(Cl)cc2)c(O)n(C2CCCCC2)c(=O)c1C#N. The van der Waals surface area contributed by atoms with Crippen molar-refractivity contribution in [2.75, 3.05) is 0 Å². The van der Waals surface area contributed by atoms with Crippen molar-refractivity contribution in [1.29, 1.82) is 5.26 Å². The van der Waals surface area contributed by atoms with E-state index in [1.54, 1.807) is 24.3 Å². The van der Waals surface area contributed by atoms with Gasteiger partial charge in [-0.2, -0.15) is 5.26 Å². The van der Waals surface area contributed by atoms with E-state index in [-0.39, 0.29) is 28.6 Å². The minimum absolute atomic E-state index is 0.00838. The summed E-state index contributed by atoms with van der Waals surface area (Å²) in [6, 6.07) is 8.01. The van der Waals surface area contributed by atoms with Gasteiger partial charge in [0.05, 0.1) is 5.56 Å². The van der Waals surface area contributed by atoms with Crippen molar-refractivity contribution in [3.63, 3.8) is 0 Å². The van der Waals surface area contributed by atoms with E-state index in [0.29, 0.717) is 10.6 Å². The smallest absolute Gasteiger partial charge is 0.271 e. The molecule has 1 aromatic heterocycles. The quantitative estimate of drug-likeness (QED) is 0.823. The van der Waals surface area contributed by atoms with E-state index in [4.69, 9.17) is 11.6 Å². The standard InChI is InChI=1S/C20H19ClN2O3/c1-12-16(11-22)19(25)23(15-5-3-2-4-6-15)20(26)17(12)18(24)13-7-9-14(21)10-8-13/h7-10,15,26H,2-6H2,1H3. The number of hydrogen-bond acceptors (Lipinski definition) is 4. The molecule has 1 N–H and O–H groups in total. The van der Waals surface area contributed by atoms with Crippen LogP contribution in [-0.4, -0.2) is 15.5 Å². The van der Waals surface area contributed by atoms with Crippen LogP contribution in [0.1, 0.15) is 65.2 Å². The Kier molecular flexibility index (Phi) is 5.15. The fourth-order valence-corrected chi connectivity index (χ4v) is 3.74. The number of aromatic hydroxyl groups is 1. The van der Waals surface area contributed by atoms with Crippen LogP contribution in [0.15, 0.2) is 29.1 Å². The van der Waals surface area contributed by atoms with Gasteiger partial charge in [-0.05, 0) is 49.6 Å². The number of halogens is 1. The molecule has 0 radical (unpaired) electrons. The summed E-state index contributed by atoms with van der Waals surface area (Å²) in [7, 11) is 0. The molecule has 1 aromatic carbocycles. The van der Waals surface area contributed by atoms with Crippen molar-refractivity contribution in [3.8, 4) is 11.9 Å². The zero-order valence-electron chi connectivity index (χ0n) is 14.5. The van der Waals surface area contributed by atoms with Crippen molar-refractivity contribution in [1.82, 2.24) is 4.57 Å². The Morgan fingerprint density at radius 3 is 2.42 bits per heavy atom. The molecule has 3 rings (SSSR count). The molecule has 134 valence electrons. The number of nitriles is 1. The zero-order valence-corrected chi connectivity index (χ0v) is 15.2. The maximum absolute atomic E-state index is 13.0. The summed E-state index contributed by atoms with van der Waals surface area (Å²) in [5.41, 5.74) is -0.0608. The minimum atomic E-state index is -0.526. The topological polar surface area (TPSA) is 83.1 Å². The number of carbonyl (C=O) groups is 1. The molecule has 0 amide bonds. The Morgan fingerprint density at radius 1 is 1.23 bits per heavy atom. The molecule has 6 heteroatoms. The van der Waals surface area contributed by atoms with E-state index >= 15 is 0 Å². The number of aromatic nitrogens is 1. The molecule has 1 aliphatic carbocycles. The lowest BCUT2D eigenvalue weighted by molar-refractivity contribution is 0.103. The van der Waals surface area contributed by atoms with E-state index in [9.17, 15) is 20.0 Å². The van der Waals surface area contributed by atoms with Gasteiger partial charge in [0.25, 0.3) is 5.56 Å². The van der Waals surface area contributed by atoms with E-state index in [0.717, 1.165) is 32.1 Å². The van der Waals surface area contributed by atoms with Gasteiger partial charge in [0.15, 0.2) is 5.78 Å². The van der Waals surface area contributed by atoms with Crippen molar-refractivity contribution in [3.05, 3.63) is 61.9 Å². The number of hydrogen-bond donors (Lipinski definition) is 1. The predicted octanol–water partition coefficient (Wildman–Crippen LogP) is 4.12. The molecule has 1 saturated carbocycles. The normalized spacial score (nSPS) is 14.8. The first-order chi connectivity index (χ1) is 12.5. The van der Waals surface area contributed by atoms with Gasteiger partial charge in [0.2, 0.25) is 5.88 Å². The summed E-state index contributed by atoms with van der Waals surface area (Å²) in [6.07, 6.45) is 4.48. The van der Waals surface area contributed by atoms with Crippen molar-refractivity contribution in [2.24, 2.45) is 0 Å². The second kappa shape index (κ2) is 7.35. The summed E-state index contributed by atoms with van der Waals surface area (Å²) < 4.78 is 1.24. The number of ketones is 1. The molecule has 1 aliphatic rings. The van der Waals surface area contributed by atoms with E-state index < -0.39 is 11.3 Å². The summed E-state index contributed by atoms with van der Waals surface area (Å²) in [6.45, 7) is 1.52. The third-order valence-corrected chi connectivity index (χ3v) is 5.27. The van der Waals surface area contributed by atoms with Gasteiger partial charge < -0.3 is 5.11 Å². The van der Waals surface area contributed by atoms with Gasteiger partial charge in [-0.15, -0.1) is 0 Å². The Balaban J connectivity index is 2.21. The number of carbonyl (C=O) groups excluding carboxylic acids is 1. The van der Waals surface area contributed by atoms with Gasteiger partial charge in [0.1, 0.15) is 11.6 Å². The average Bonchev–Trinajstić information content (AvgIpc) is 2.63. The molecular formula is C20H19ClN2O3. The van der Waals surface area contributed by atoms with Gasteiger partial charge in [-0.3, -0.25) is 14.2 Å². The van der Waals surface area contributed by atoms with Gasteiger partial charge in [-0.25, -0.2) is 0 Å². The van der Waals surface area contributed by atoms with Crippen LogP contribution in [0.2, 0.25) is 5.02 Å². The highest BCUT2D eigenvalue weighted by atomic mass is 35.5. The third kappa shape index (κ3) is 3.13. The van der Waals surface area contributed by atoms with Crippen LogP contribution < -0.4 is 5.56 Å². The molecule has 0 unspecified atom stereocenters. The van der Waals surface area contributed by atoms with Crippen LogP contribution in [-0.2, 0) is 0 Å². The van der Waals surface area contributed by atoms with E-state index in [2.05, 4.69) is 0 Å². The Bertz CT molecular complexity index is 949. The second-order valence-corrected chi connectivity index (χ2v) is 7.05. The lowest BCUT2D eigenvalue weighted by Gasteiger charge is -2.26. The van der Waals surface area contributed by atoms with Crippen molar-refractivity contribution in [2.45, 2.75) is 45.1 Å². The minimum Gasteiger partial charge on any atom is -0.494 e. The highest BCUT2D eigenvalue weighted by molar-refractivity contribution is 6.30. The summed E-state index contributed by atoms with van der Waals surface area (Å²) in [4.78, 5) is 25.7. The monoisotopic (exact) mass is 370 g/mol. The molecule has 0 aliphatic heterocycles. The lowest BCUT2D eigenvalue weighted by Crippen LogP contribution is -2.31. The van der Waals surface area contributed by atoms with Gasteiger partial charge in [-0.1, -0.05) is 30.9 Å². The van der Waals surface area contributed by atoms with Crippen LogP contribution in [0.3, 0.4) is 0 Å². The Labute approximate surface area is 156 Å². The van der Waals surface area contributed by atoms with Gasteiger partial charge in [0, 0.05) is 16.6 Å². The van der Waals surface area contributed by atoms with Crippen LogP contribution >= 0.6 is 11.6 Å². The average molecular weight is 371 g/mol. The molecule has 0 bridgehead atoms. The highest BCUT2D eigenvalue weighted by Crippen LogP contribution is 2.33. The van der Waals surface area contributed by atoms with E-state index in [1.165, 1.54) is 11.5 Å². The largest absolute Gasteiger partial charge is 0.494 e. The first-order valence-corrected chi connectivity index (χ1v) is 9.02. The number of nitrogens with zero attached hydrogens (tertiary/aromatic N) is 2. The third-order valence-electron chi connectivity index (χ3n) is 5.02. The molecule has 0 saturated heterocycles. The Hall–Kier alpha value is -2.58. The molecule has 1 fully saturated rings. The maximum Gasteiger partial charge on any atom is 0.271 e. The van der Waals surface area contributed by atoms with E-state index in [1.807, 2.05) is 6.07 Å². The highest BCUT2D eigenvalue weighted by Gasteiger charge is 2.28. The fourth-order valence-electron chi connectivity index (χ4n) is 3.62. The predicted molar refractivity (Wildman–Crippen MR) is 98.8 cm³/mol. The fraction of sp³-hybridized carbons (Fsp3) is 0.350. The molecule has 1 heterocycles. The first kappa shape index (κ1) is 18.2. The molecule has 2 aromatic rings. The van der Waals surface area contributed by atoms with Gasteiger partial charge >= 0.3 is 0 Å². The number of pyridine rings is 1. The van der Waals surface area contributed by atoms with Crippen molar-refractivity contribution >= 4 is 17.4 Å².